The van der Waals surface area contributed by atoms with Gasteiger partial charge in [0.05, 0.1) is 12.1 Å². The fourth-order valence-corrected chi connectivity index (χ4v) is 2.25. The van der Waals surface area contributed by atoms with E-state index in [2.05, 4.69) is 17.2 Å². The molecule has 0 amide bonds. The molecule has 0 fully saturated rings. The second-order valence-electron chi connectivity index (χ2n) is 3.73. The maximum atomic E-state index is 12.2. The van der Waals surface area contributed by atoms with E-state index in [1.54, 1.807) is 0 Å². The molecule has 0 saturated carbocycles. The van der Waals surface area contributed by atoms with E-state index in [4.69, 9.17) is 0 Å². The zero-order valence-corrected chi connectivity index (χ0v) is 9.44. The summed E-state index contributed by atoms with van der Waals surface area (Å²) in [6.07, 6.45) is -2.34. The number of aliphatic imine (C=N–C) groups is 1. The Hall–Kier alpha value is -0.320. The molecule has 0 bridgehead atoms. The van der Waals surface area contributed by atoms with Crippen molar-refractivity contribution in [2.24, 2.45) is 10.9 Å². The van der Waals surface area contributed by atoms with Crippen LogP contribution in [0.5, 0.6) is 0 Å². The third-order valence-electron chi connectivity index (χ3n) is 2.36. The highest BCUT2D eigenvalue weighted by Gasteiger charge is 2.22. The minimum Gasteiger partial charge on any atom is -0.357 e. The molecule has 1 N–H and O–H groups in total. The quantitative estimate of drug-likeness (QED) is 0.775. The smallest absolute Gasteiger partial charge is 0.258 e. The van der Waals surface area contributed by atoms with Gasteiger partial charge in [-0.2, -0.15) is 0 Å². The van der Waals surface area contributed by atoms with Crippen LogP contribution in [-0.2, 0) is 0 Å². The predicted octanol–water partition coefficient (Wildman–Crippen LogP) is 2.36. The Morgan fingerprint density at radius 1 is 1.50 bits per heavy atom. The summed E-state index contributed by atoms with van der Waals surface area (Å²) in [5, 5.41) is 3.39. The largest absolute Gasteiger partial charge is 0.357 e. The summed E-state index contributed by atoms with van der Waals surface area (Å²) >= 11 is 1.53. The second kappa shape index (κ2) is 4.96. The van der Waals surface area contributed by atoms with Crippen molar-refractivity contribution in [2.75, 3.05) is 5.75 Å². The van der Waals surface area contributed by atoms with E-state index in [1.165, 1.54) is 18.7 Å². The minimum atomic E-state index is -2.34. The molecular formula is C9H16F2N2S. The van der Waals surface area contributed by atoms with E-state index in [-0.39, 0.29) is 6.04 Å². The number of hydrogen-bond donors (Lipinski definition) is 1. The van der Waals surface area contributed by atoms with Gasteiger partial charge in [-0.1, -0.05) is 18.7 Å². The molecule has 0 aliphatic carbocycles. The molecule has 3 atom stereocenters. The van der Waals surface area contributed by atoms with Gasteiger partial charge in [0.1, 0.15) is 0 Å². The Bertz CT molecular complexity index is 221. The van der Waals surface area contributed by atoms with Crippen molar-refractivity contribution in [3.05, 3.63) is 0 Å². The minimum absolute atomic E-state index is 0.226. The molecular weight excluding hydrogens is 206 g/mol. The van der Waals surface area contributed by atoms with E-state index in [1.807, 2.05) is 6.92 Å². The third-order valence-corrected chi connectivity index (χ3v) is 3.55. The first-order valence-electron chi connectivity index (χ1n) is 4.76. The fraction of sp³-hybridized carbons (Fsp3) is 0.889. The number of halogens is 2. The topological polar surface area (TPSA) is 24.4 Å². The van der Waals surface area contributed by atoms with Crippen LogP contribution in [-0.4, -0.2) is 29.4 Å². The number of thioether (sulfide) groups is 1. The van der Waals surface area contributed by atoms with Crippen LogP contribution in [0.2, 0.25) is 0 Å². The molecule has 2 nitrogen and oxygen atoms in total. The van der Waals surface area contributed by atoms with Gasteiger partial charge in [-0.3, -0.25) is 4.99 Å². The Morgan fingerprint density at radius 3 is 2.64 bits per heavy atom. The predicted molar refractivity (Wildman–Crippen MR) is 57.1 cm³/mol. The van der Waals surface area contributed by atoms with Gasteiger partial charge < -0.3 is 5.32 Å². The standard InChI is InChI=1S/C9H16F2N2S/c1-5-4-14-9(12-6(5)2)13-7(3)8(10)11/h5-8H,4H2,1-3H3,(H,12,13). The molecule has 1 aliphatic rings. The Kier molecular flexibility index (Phi) is 4.16. The van der Waals surface area contributed by atoms with Gasteiger partial charge in [-0.25, -0.2) is 8.78 Å². The molecule has 1 heterocycles. The molecule has 82 valence electrons. The van der Waals surface area contributed by atoms with Crippen LogP contribution in [0, 0.1) is 5.92 Å². The summed E-state index contributed by atoms with van der Waals surface area (Å²) in [5.74, 6) is 1.47. The van der Waals surface area contributed by atoms with Gasteiger partial charge in [-0.05, 0) is 19.8 Å². The third kappa shape index (κ3) is 3.12. The summed E-state index contributed by atoms with van der Waals surface area (Å²) in [6.45, 7) is 5.60. The number of hydrogen-bond acceptors (Lipinski definition) is 3. The average Bonchev–Trinajstić information content (AvgIpc) is 2.11. The van der Waals surface area contributed by atoms with Gasteiger partial charge in [0.15, 0.2) is 5.17 Å². The number of amidine groups is 1. The number of nitrogens with zero attached hydrogens (tertiary/aromatic N) is 1. The molecule has 1 rings (SSSR count). The lowest BCUT2D eigenvalue weighted by atomic mass is 10.1. The van der Waals surface area contributed by atoms with Crippen molar-refractivity contribution in [2.45, 2.75) is 39.3 Å². The lowest BCUT2D eigenvalue weighted by Gasteiger charge is -2.25. The molecule has 0 aromatic rings. The van der Waals surface area contributed by atoms with Crippen LogP contribution in [0.25, 0.3) is 0 Å². The monoisotopic (exact) mass is 222 g/mol. The lowest BCUT2D eigenvalue weighted by molar-refractivity contribution is 0.115. The van der Waals surface area contributed by atoms with E-state index in [9.17, 15) is 8.78 Å². The van der Waals surface area contributed by atoms with Gasteiger partial charge in [0.25, 0.3) is 6.43 Å². The van der Waals surface area contributed by atoms with Crippen molar-refractivity contribution in [1.29, 1.82) is 0 Å². The normalized spacial score (nSPS) is 30.0. The number of rotatable bonds is 2. The number of alkyl halides is 2. The zero-order valence-electron chi connectivity index (χ0n) is 8.63. The van der Waals surface area contributed by atoms with Crippen LogP contribution < -0.4 is 5.32 Å². The Balaban J connectivity index is 2.50. The van der Waals surface area contributed by atoms with Crippen LogP contribution >= 0.6 is 11.8 Å². The summed E-state index contributed by atoms with van der Waals surface area (Å²) in [6, 6.07) is -0.592. The highest BCUT2D eigenvalue weighted by Crippen LogP contribution is 2.22. The average molecular weight is 222 g/mol. The SMILES string of the molecule is CC1CSC(NC(C)C(F)F)=NC1C. The van der Waals surface area contributed by atoms with Crippen LogP contribution in [0.1, 0.15) is 20.8 Å². The van der Waals surface area contributed by atoms with Crippen molar-refractivity contribution < 1.29 is 8.78 Å². The van der Waals surface area contributed by atoms with Gasteiger partial charge in [0, 0.05) is 5.75 Å². The van der Waals surface area contributed by atoms with Crippen molar-refractivity contribution >= 4 is 16.9 Å². The van der Waals surface area contributed by atoms with Crippen molar-refractivity contribution in [1.82, 2.24) is 5.32 Å². The second-order valence-corrected chi connectivity index (χ2v) is 4.74. The van der Waals surface area contributed by atoms with E-state index < -0.39 is 12.5 Å². The highest BCUT2D eigenvalue weighted by atomic mass is 32.2. The first-order chi connectivity index (χ1) is 6.50. The summed E-state index contributed by atoms with van der Waals surface area (Å²) < 4.78 is 24.5. The van der Waals surface area contributed by atoms with E-state index in [0.717, 1.165) is 5.75 Å². The van der Waals surface area contributed by atoms with Crippen molar-refractivity contribution in [3.63, 3.8) is 0 Å². The van der Waals surface area contributed by atoms with Gasteiger partial charge >= 0.3 is 0 Å². The van der Waals surface area contributed by atoms with Crippen LogP contribution in [0.15, 0.2) is 4.99 Å². The maximum absolute atomic E-state index is 12.2. The lowest BCUT2D eigenvalue weighted by Crippen LogP contribution is -2.39. The maximum Gasteiger partial charge on any atom is 0.258 e. The molecule has 5 heteroatoms. The molecule has 0 spiro atoms. The molecule has 0 radical (unpaired) electrons. The van der Waals surface area contributed by atoms with Crippen LogP contribution in [0.3, 0.4) is 0 Å². The molecule has 1 aliphatic heterocycles. The van der Waals surface area contributed by atoms with Crippen molar-refractivity contribution in [3.8, 4) is 0 Å². The molecule has 0 saturated heterocycles. The van der Waals surface area contributed by atoms with Crippen LogP contribution in [0.4, 0.5) is 8.78 Å². The zero-order chi connectivity index (χ0) is 10.7. The first-order valence-corrected chi connectivity index (χ1v) is 5.74. The summed E-state index contributed by atoms with van der Waals surface area (Å²) in [7, 11) is 0. The summed E-state index contributed by atoms with van der Waals surface area (Å²) in [5.41, 5.74) is 0. The number of nitrogens with one attached hydrogen (secondary N) is 1. The molecule has 0 aromatic carbocycles. The van der Waals surface area contributed by atoms with E-state index >= 15 is 0 Å². The summed E-state index contributed by atoms with van der Waals surface area (Å²) in [4.78, 5) is 4.32. The Labute approximate surface area is 87.6 Å². The molecule has 3 unspecified atom stereocenters. The van der Waals surface area contributed by atoms with E-state index in [0.29, 0.717) is 11.1 Å². The fourth-order valence-electron chi connectivity index (χ4n) is 1.04. The highest BCUT2D eigenvalue weighted by molar-refractivity contribution is 8.13. The van der Waals surface area contributed by atoms with Gasteiger partial charge in [0.2, 0.25) is 0 Å². The molecule has 0 aromatic heterocycles. The Morgan fingerprint density at radius 2 is 2.14 bits per heavy atom. The van der Waals surface area contributed by atoms with Gasteiger partial charge in [-0.15, -0.1) is 0 Å². The first kappa shape index (κ1) is 11.8. The molecule has 14 heavy (non-hydrogen) atoms.